The van der Waals surface area contributed by atoms with E-state index in [1.807, 2.05) is 0 Å². The number of amides is 1. The third kappa shape index (κ3) is 2.64. The largest absolute Gasteiger partial charge is 0.481 e. The van der Waals surface area contributed by atoms with E-state index in [4.69, 9.17) is 4.74 Å². The smallest absolute Gasteiger partial charge is 0.280 e. The van der Waals surface area contributed by atoms with Gasteiger partial charge in [0.2, 0.25) is 5.88 Å². The van der Waals surface area contributed by atoms with E-state index in [1.165, 1.54) is 13.3 Å². The number of nitrogens with zero attached hydrogens (tertiary/aromatic N) is 2. The topological polar surface area (TPSA) is 97.0 Å². The Bertz CT molecular complexity index is 887. The Hall–Kier alpha value is -3.22. The maximum atomic E-state index is 12.2. The van der Waals surface area contributed by atoms with Gasteiger partial charge in [-0.15, -0.1) is 0 Å². The third-order valence-electron chi connectivity index (χ3n) is 3.02. The monoisotopic (exact) mass is 296 g/mol. The van der Waals surface area contributed by atoms with Crippen LogP contribution in [0.4, 0.5) is 5.69 Å². The Labute approximate surface area is 125 Å². The van der Waals surface area contributed by atoms with E-state index in [2.05, 4.69) is 20.3 Å². The van der Waals surface area contributed by atoms with Crippen LogP contribution in [0.25, 0.3) is 11.0 Å². The van der Waals surface area contributed by atoms with Gasteiger partial charge in [-0.25, -0.2) is 9.97 Å². The Balaban J connectivity index is 1.91. The molecular weight excluding hydrogens is 284 g/mol. The zero-order chi connectivity index (χ0) is 15.5. The van der Waals surface area contributed by atoms with E-state index in [9.17, 15) is 9.59 Å². The number of aromatic amines is 1. The van der Waals surface area contributed by atoms with Crippen LogP contribution in [0.1, 0.15) is 10.5 Å². The molecule has 7 heteroatoms. The molecule has 7 nitrogen and oxygen atoms in total. The number of fused-ring (bicyclic) bond motifs is 1. The first kappa shape index (κ1) is 13.7. The van der Waals surface area contributed by atoms with Crippen LogP contribution in [0.5, 0.6) is 5.88 Å². The molecule has 0 bridgehead atoms. The number of nitrogens with one attached hydrogen (secondary N) is 2. The minimum atomic E-state index is -0.598. The lowest BCUT2D eigenvalue weighted by Gasteiger charge is -2.05. The number of ether oxygens (including phenoxy) is 1. The van der Waals surface area contributed by atoms with Gasteiger partial charge in [-0.2, -0.15) is 0 Å². The number of rotatable bonds is 3. The van der Waals surface area contributed by atoms with Crippen molar-refractivity contribution in [3.8, 4) is 5.88 Å². The first-order chi connectivity index (χ1) is 10.7. The average molecular weight is 296 g/mol. The van der Waals surface area contributed by atoms with Crippen LogP contribution < -0.4 is 15.6 Å². The highest BCUT2D eigenvalue weighted by molar-refractivity contribution is 6.03. The van der Waals surface area contributed by atoms with E-state index in [0.717, 1.165) is 0 Å². The van der Waals surface area contributed by atoms with Gasteiger partial charge in [-0.3, -0.25) is 9.59 Å². The molecule has 0 unspecified atom stereocenters. The molecular formula is C15H12N4O3. The predicted octanol–water partition coefficient (Wildman–Crippen LogP) is 1.58. The summed E-state index contributed by atoms with van der Waals surface area (Å²) in [4.78, 5) is 34.8. The van der Waals surface area contributed by atoms with Crippen molar-refractivity contribution in [1.82, 2.24) is 15.0 Å². The summed E-state index contributed by atoms with van der Waals surface area (Å²) in [7, 11) is 1.50. The third-order valence-corrected chi connectivity index (χ3v) is 3.02. The van der Waals surface area contributed by atoms with Crippen molar-refractivity contribution in [3.63, 3.8) is 0 Å². The van der Waals surface area contributed by atoms with Gasteiger partial charge in [0.25, 0.3) is 11.5 Å². The molecule has 110 valence electrons. The van der Waals surface area contributed by atoms with Crippen molar-refractivity contribution >= 4 is 22.6 Å². The number of benzene rings is 1. The SMILES string of the molecule is COc1ccc(NC(=O)c2nc3ccccc3[nH]c2=O)cn1. The highest BCUT2D eigenvalue weighted by atomic mass is 16.5. The van der Waals surface area contributed by atoms with Crippen LogP contribution in [0.3, 0.4) is 0 Å². The van der Waals surface area contributed by atoms with Gasteiger partial charge in [-0.1, -0.05) is 12.1 Å². The lowest BCUT2D eigenvalue weighted by Crippen LogP contribution is -2.25. The van der Waals surface area contributed by atoms with Gasteiger partial charge in [0, 0.05) is 6.07 Å². The maximum Gasteiger partial charge on any atom is 0.280 e. The van der Waals surface area contributed by atoms with Crippen LogP contribution in [0.2, 0.25) is 0 Å². The maximum absolute atomic E-state index is 12.2. The Morgan fingerprint density at radius 1 is 1.23 bits per heavy atom. The molecule has 0 aliphatic carbocycles. The van der Waals surface area contributed by atoms with E-state index in [1.54, 1.807) is 36.4 Å². The molecule has 0 spiro atoms. The number of para-hydroxylation sites is 2. The zero-order valence-corrected chi connectivity index (χ0v) is 11.7. The van der Waals surface area contributed by atoms with Crippen molar-refractivity contribution in [3.05, 3.63) is 58.6 Å². The van der Waals surface area contributed by atoms with Crippen molar-refractivity contribution in [2.24, 2.45) is 0 Å². The van der Waals surface area contributed by atoms with Gasteiger partial charge in [0.1, 0.15) is 0 Å². The van der Waals surface area contributed by atoms with E-state index in [0.29, 0.717) is 22.6 Å². The van der Waals surface area contributed by atoms with Crippen molar-refractivity contribution in [2.75, 3.05) is 12.4 Å². The first-order valence-electron chi connectivity index (χ1n) is 6.48. The zero-order valence-electron chi connectivity index (χ0n) is 11.7. The summed E-state index contributed by atoms with van der Waals surface area (Å²) in [6.45, 7) is 0. The van der Waals surface area contributed by atoms with Crippen molar-refractivity contribution < 1.29 is 9.53 Å². The number of anilines is 1. The minimum Gasteiger partial charge on any atom is -0.481 e. The lowest BCUT2D eigenvalue weighted by atomic mass is 10.3. The van der Waals surface area contributed by atoms with E-state index in [-0.39, 0.29) is 5.69 Å². The normalized spacial score (nSPS) is 10.4. The van der Waals surface area contributed by atoms with Gasteiger partial charge in [0.15, 0.2) is 5.69 Å². The minimum absolute atomic E-state index is 0.200. The van der Waals surface area contributed by atoms with Crippen LogP contribution in [-0.2, 0) is 0 Å². The standard InChI is InChI=1S/C15H12N4O3/c1-22-12-7-6-9(8-16-12)17-14(20)13-15(21)19-11-5-3-2-4-10(11)18-13/h2-8H,1H3,(H,17,20)(H,19,21). The number of hydrogen-bond acceptors (Lipinski definition) is 5. The summed E-state index contributed by atoms with van der Waals surface area (Å²) in [6, 6.07) is 10.2. The number of aromatic nitrogens is 3. The quantitative estimate of drug-likeness (QED) is 0.764. The van der Waals surface area contributed by atoms with Crippen LogP contribution >= 0.6 is 0 Å². The van der Waals surface area contributed by atoms with Crippen LogP contribution in [-0.4, -0.2) is 28.0 Å². The molecule has 3 aromatic rings. The molecule has 1 aromatic carbocycles. The molecule has 0 saturated carbocycles. The fraction of sp³-hybridized carbons (Fsp3) is 0.0667. The Kier molecular flexibility index (Phi) is 3.53. The van der Waals surface area contributed by atoms with Gasteiger partial charge in [-0.05, 0) is 18.2 Å². The highest BCUT2D eigenvalue weighted by Gasteiger charge is 2.14. The van der Waals surface area contributed by atoms with Gasteiger partial charge >= 0.3 is 0 Å². The second-order valence-electron chi connectivity index (χ2n) is 4.48. The van der Waals surface area contributed by atoms with E-state index < -0.39 is 11.5 Å². The molecule has 0 aliphatic rings. The molecule has 0 fully saturated rings. The summed E-state index contributed by atoms with van der Waals surface area (Å²) < 4.78 is 4.93. The average Bonchev–Trinajstić information content (AvgIpc) is 2.54. The summed E-state index contributed by atoms with van der Waals surface area (Å²) in [5.41, 5.74) is 0.822. The predicted molar refractivity (Wildman–Crippen MR) is 81.1 cm³/mol. The molecule has 0 atom stereocenters. The molecule has 2 aromatic heterocycles. The summed E-state index contributed by atoms with van der Waals surface area (Å²) in [5.74, 6) is -0.168. The summed E-state index contributed by atoms with van der Waals surface area (Å²) >= 11 is 0. The number of hydrogen-bond donors (Lipinski definition) is 2. The fourth-order valence-corrected chi connectivity index (χ4v) is 1.95. The second-order valence-corrected chi connectivity index (χ2v) is 4.48. The molecule has 0 saturated heterocycles. The number of H-pyrrole nitrogens is 1. The molecule has 2 heterocycles. The van der Waals surface area contributed by atoms with Crippen LogP contribution in [0, 0.1) is 0 Å². The lowest BCUT2D eigenvalue weighted by molar-refractivity contribution is 0.102. The molecule has 0 aliphatic heterocycles. The number of methoxy groups -OCH3 is 1. The van der Waals surface area contributed by atoms with Crippen molar-refractivity contribution in [2.45, 2.75) is 0 Å². The number of carbonyl (C=O) groups excluding carboxylic acids is 1. The second kappa shape index (κ2) is 5.65. The number of pyridine rings is 1. The van der Waals surface area contributed by atoms with Crippen molar-refractivity contribution in [1.29, 1.82) is 0 Å². The molecule has 1 amide bonds. The Morgan fingerprint density at radius 3 is 2.77 bits per heavy atom. The van der Waals surface area contributed by atoms with E-state index >= 15 is 0 Å². The molecule has 3 rings (SSSR count). The number of carbonyl (C=O) groups is 1. The van der Waals surface area contributed by atoms with Gasteiger partial charge < -0.3 is 15.0 Å². The molecule has 22 heavy (non-hydrogen) atoms. The summed E-state index contributed by atoms with van der Waals surface area (Å²) in [5, 5.41) is 2.58. The Morgan fingerprint density at radius 2 is 2.05 bits per heavy atom. The first-order valence-corrected chi connectivity index (χ1v) is 6.48. The highest BCUT2D eigenvalue weighted by Crippen LogP contribution is 2.12. The molecule has 0 radical (unpaired) electrons. The van der Waals surface area contributed by atoms with Gasteiger partial charge in [0.05, 0.1) is 30.0 Å². The fourth-order valence-electron chi connectivity index (χ4n) is 1.95. The molecule has 2 N–H and O–H groups in total. The summed E-state index contributed by atoms with van der Waals surface area (Å²) in [6.07, 6.45) is 1.44. The van der Waals surface area contributed by atoms with Crippen LogP contribution in [0.15, 0.2) is 47.4 Å².